The minimum Gasteiger partial charge on any atom is -0.381 e. The Morgan fingerprint density at radius 1 is 1.12 bits per heavy atom. The first-order chi connectivity index (χ1) is 12.8. The highest BCUT2D eigenvalue weighted by Gasteiger charge is 2.36. The Labute approximate surface area is 159 Å². The summed E-state index contributed by atoms with van der Waals surface area (Å²) in [7, 11) is 1.93. The van der Waals surface area contributed by atoms with Gasteiger partial charge in [-0.1, -0.05) is 25.7 Å². The van der Waals surface area contributed by atoms with E-state index in [2.05, 4.69) is 15.2 Å². The van der Waals surface area contributed by atoms with Crippen molar-refractivity contribution in [1.82, 2.24) is 10.2 Å². The third-order valence-electron chi connectivity index (χ3n) is 6.46. The van der Waals surface area contributed by atoms with E-state index >= 15 is 0 Å². The molecule has 0 radical (unpaired) electrons. The highest BCUT2D eigenvalue weighted by atomic mass is 16.5. The minimum atomic E-state index is 0.403. The molecule has 2 heterocycles. The largest absolute Gasteiger partial charge is 0.381 e. The molecule has 5 nitrogen and oxygen atoms in total. The fraction of sp³-hybridized carbons (Fsp3) is 0.952. The van der Waals surface area contributed by atoms with Crippen molar-refractivity contribution in [3.05, 3.63) is 0 Å². The topological polar surface area (TPSA) is 46.1 Å². The lowest BCUT2D eigenvalue weighted by atomic mass is 9.74. The van der Waals surface area contributed by atoms with Gasteiger partial charge in [-0.05, 0) is 50.4 Å². The molecular weight excluding hydrogens is 326 g/mol. The average molecular weight is 366 g/mol. The van der Waals surface area contributed by atoms with Gasteiger partial charge in [-0.2, -0.15) is 0 Å². The molecule has 0 aromatic rings. The van der Waals surface area contributed by atoms with Crippen LogP contribution in [0.4, 0.5) is 0 Å². The van der Waals surface area contributed by atoms with Gasteiger partial charge in [0, 0.05) is 46.5 Å². The maximum atomic E-state index is 5.97. The number of aliphatic imine (C=N–C) groups is 1. The molecule has 0 unspecified atom stereocenters. The van der Waals surface area contributed by atoms with Crippen LogP contribution in [0.1, 0.15) is 70.6 Å². The van der Waals surface area contributed by atoms with Gasteiger partial charge in [0.1, 0.15) is 0 Å². The summed E-state index contributed by atoms with van der Waals surface area (Å²) in [6, 6.07) is 0. The van der Waals surface area contributed by atoms with Crippen molar-refractivity contribution in [2.45, 2.75) is 76.7 Å². The highest BCUT2D eigenvalue weighted by molar-refractivity contribution is 5.80. The van der Waals surface area contributed by atoms with Crippen LogP contribution in [-0.2, 0) is 9.47 Å². The lowest BCUT2D eigenvalue weighted by Gasteiger charge is -2.44. The summed E-state index contributed by atoms with van der Waals surface area (Å²) in [4.78, 5) is 7.10. The summed E-state index contributed by atoms with van der Waals surface area (Å²) >= 11 is 0. The molecule has 1 N–H and O–H groups in total. The molecule has 3 rings (SSSR count). The highest BCUT2D eigenvalue weighted by Crippen LogP contribution is 2.42. The number of rotatable bonds is 5. The summed E-state index contributed by atoms with van der Waals surface area (Å²) in [5.74, 6) is 1.10. The van der Waals surface area contributed by atoms with Crippen molar-refractivity contribution in [2.24, 2.45) is 10.4 Å². The molecule has 1 aliphatic carbocycles. The van der Waals surface area contributed by atoms with E-state index in [0.29, 0.717) is 11.5 Å². The number of likely N-dealkylation sites (tertiary alicyclic amines) is 1. The van der Waals surface area contributed by atoms with Gasteiger partial charge in [0.2, 0.25) is 0 Å². The van der Waals surface area contributed by atoms with Crippen molar-refractivity contribution in [3.63, 3.8) is 0 Å². The van der Waals surface area contributed by atoms with Crippen LogP contribution in [-0.4, -0.2) is 63.5 Å². The standard InChI is InChI=1S/C21H39N3O2/c1-22-20(23-13-7-15-26-19-8-16-25-17-9-19)24-14-6-12-21(18-24)10-4-2-3-5-11-21/h19H,2-18H2,1H3,(H,22,23). The van der Waals surface area contributed by atoms with Crippen molar-refractivity contribution >= 4 is 5.96 Å². The van der Waals surface area contributed by atoms with E-state index in [1.807, 2.05) is 7.05 Å². The maximum absolute atomic E-state index is 5.97. The van der Waals surface area contributed by atoms with Gasteiger partial charge in [0.05, 0.1) is 6.10 Å². The summed E-state index contributed by atoms with van der Waals surface area (Å²) in [5.41, 5.74) is 0.554. The van der Waals surface area contributed by atoms with Crippen LogP contribution in [0.15, 0.2) is 4.99 Å². The first-order valence-corrected chi connectivity index (χ1v) is 11.0. The van der Waals surface area contributed by atoms with Gasteiger partial charge in [-0.15, -0.1) is 0 Å². The zero-order valence-electron chi connectivity index (χ0n) is 16.8. The van der Waals surface area contributed by atoms with Gasteiger partial charge >= 0.3 is 0 Å². The molecule has 3 aliphatic rings. The maximum Gasteiger partial charge on any atom is 0.193 e. The summed E-state index contributed by atoms with van der Waals surface area (Å²) in [6.07, 6.45) is 14.8. The number of guanidine groups is 1. The molecule has 1 saturated carbocycles. The Morgan fingerprint density at radius 2 is 1.85 bits per heavy atom. The predicted octanol–water partition coefficient (Wildman–Crippen LogP) is 3.58. The molecule has 1 spiro atoms. The van der Waals surface area contributed by atoms with E-state index in [-0.39, 0.29) is 0 Å². The van der Waals surface area contributed by atoms with Crippen LogP contribution in [0.5, 0.6) is 0 Å². The molecule has 0 bridgehead atoms. The van der Waals surface area contributed by atoms with E-state index in [0.717, 1.165) is 58.1 Å². The molecule has 2 saturated heterocycles. The predicted molar refractivity (Wildman–Crippen MR) is 107 cm³/mol. The van der Waals surface area contributed by atoms with E-state index < -0.39 is 0 Å². The van der Waals surface area contributed by atoms with Crippen molar-refractivity contribution in [1.29, 1.82) is 0 Å². The third kappa shape index (κ3) is 5.85. The number of hydrogen-bond acceptors (Lipinski definition) is 3. The zero-order chi connectivity index (χ0) is 18.1. The fourth-order valence-electron chi connectivity index (χ4n) is 4.97. The molecule has 0 atom stereocenters. The summed E-state index contributed by atoms with van der Waals surface area (Å²) in [6.45, 7) is 5.84. The van der Waals surface area contributed by atoms with Gasteiger partial charge in [0.25, 0.3) is 0 Å². The van der Waals surface area contributed by atoms with Crippen LogP contribution < -0.4 is 5.32 Å². The van der Waals surface area contributed by atoms with Gasteiger partial charge in [0.15, 0.2) is 5.96 Å². The lowest BCUT2D eigenvalue weighted by Crippen LogP contribution is -2.50. The van der Waals surface area contributed by atoms with E-state index in [1.54, 1.807) is 0 Å². The van der Waals surface area contributed by atoms with Crippen LogP contribution in [0.2, 0.25) is 0 Å². The number of hydrogen-bond donors (Lipinski definition) is 1. The Balaban J connectivity index is 1.38. The van der Waals surface area contributed by atoms with Gasteiger partial charge in [-0.25, -0.2) is 0 Å². The fourth-order valence-corrected chi connectivity index (χ4v) is 4.97. The summed E-state index contributed by atoms with van der Waals surface area (Å²) < 4.78 is 11.4. The van der Waals surface area contributed by atoms with E-state index in [1.165, 1.54) is 57.9 Å². The Bertz CT molecular complexity index is 427. The van der Waals surface area contributed by atoms with E-state index in [9.17, 15) is 0 Å². The Hall–Kier alpha value is -0.810. The van der Waals surface area contributed by atoms with Crippen molar-refractivity contribution < 1.29 is 9.47 Å². The third-order valence-corrected chi connectivity index (χ3v) is 6.46. The number of ether oxygens (including phenoxy) is 2. The smallest absolute Gasteiger partial charge is 0.193 e. The molecule has 2 aliphatic heterocycles. The molecule has 3 fully saturated rings. The van der Waals surface area contributed by atoms with Crippen LogP contribution >= 0.6 is 0 Å². The molecule has 5 heteroatoms. The first-order valence-electron chi connectivity index (χ1n) is 11.0. The molecule has 150 valence electrons. The SMILES string of the molecule is CN=C(NCCCOC1CCOCC1)N1CCCC2(CCCCCC2)C1. The number of nitrogens with zero attached hydrogens (tertiary/aromatic N) is 2. The Morgan fingerprint density at radius 3 is 2.58 bits per heavy atom. The molecule has 0 amide bonds. The number of nitrogens with one attached hydrogen (secondary N) is 1. The normalized spacial score (nSPS) is 25.3. The summed E-state index contributed by atoms with van der Waals surface area (Å²) in [5, 5.41) is 3.59. The molecule has 0 aromatic carbocycles. The van der Waals surface area contributed by atoms with E-state index in [4.69, 9.17) is 9.47 Å². The average Bonchev–Trinajstić information content (AvgIpc) is 2.91. The monoisotopic (exact) mass is 365 g/mol. The zero-order valence-corrected chi connectivity index (χ0v) is 16.8. The lowest BCUT2D eigenvalue weighted by molar-refractivity contribution is -0.0320. The minimum absolute atomic E-state index is 0.403. The van der Waals surface area contributed by atoms with Crippen molar-refractivity contribution in [2.75, 3.05) is 46.5 Å². The Kier molecular flexibility index (Phi) is 8.06. The van der Waals surface area contributed by atoms with Crippen LogP contribution in [0.25, 0.3) is 0 Å². The van der Waals surface area contributed by atoms with Crippen LogP contribution in [0, 0.1) is 5.41 Å². The second-order valence-corrected chi connectivity index (χ2v) is 8.45. The number of piperidine rings is 1. The molecule has 0 aromatic heterocycles. The van der Waals surface area contributed by atoms with Crippen LogP contribution in [0.3, 0.4) is 0 Å². The van der Waals surface area contributed by atoms with Gasteiger partial charge < -0.3 is 19.7 Å². The molecule has 26 heavy (non-hydrogen) atoms. The second kappa shape index (κ2) is 10.5. The first kappa shape index (κ1) is 19.9. The van der Waals surface area contributed by atoms with Crippen molar-refractivity contribution in [3.8, 4) is 0 Å². The molecular formula is C21H39N3O2. The second-order valence-electron chi connectivity index (χ2n) is 8.45. The van der Waals surface area contributed by atoms with Gasteiger partial charge in [-0.3, -0.25) is 4.99 Å². The quantitative estimate of drug-likeness (QED) is 0.459.